The largest absolute Gasteiger partial charge is 0.345 e. The van der Waals surface area contributed by atoms with Gasteiger partial charge in [0, 0.05) is 18.7 Å². The Labute approximate surface area is 153 Å². The summed E-state index contributed by atoms with van der Waals surface area (Å²) in [5.41, 5.74) is 5.74. The van der Waals surface area contributed by atoms with E-state index in [2.05, 4.69) is 5.32 Å². The molecule has 25 heavy (non-hydrogen) atoms. The molecule has 1 aliphatic carbocycles. The Morgan fingerprint density at radius 3 is 2.52 bits per heavy atom. The Bertz CT molecular complexity index is 804. The average Bonchev–Trinajstić information content (AvgIpc) is 3.10. The molecule has 0 saturated heterocycles. The third kappa shape index (κ3) is 3.14. The van der Waals surface area contributed by atoms with Crippen molar-refractivity contribution in [1.82, 2.24) is 9.62 Å². The Balaban J connectivity index is 0.00000225. The average molecular weight is 388 g/mol. The number of sulfonamides is 1. The highest BCUT2D eigenvalue weighted by molar-refractivity contribution is 7.90. The van der Waals surface area contributed by atoms with Crippen molar-refractivity contribution in [3.05, 3.63) is 29.3 Å². The van der Waals surface area contributed by atoms with Crippen LogP contribution in [0.2, 0.25) is 0 Å². The number of carbonyl (C=O) groups is 2. The van der Waals surface area contributed by atoms with E-state index in [1.165, 1.54) is 18.2 Å². The summed E-state index contributed by atoms with van der Waals surface area (Å²) in [5.74, 6) is -0.906. The number of nitrogens with two attached hydrogens (primary N) is 1. The summed E-state index contributed by atoms with van der Waals surface area (Å²) in [6.07, 6.45) is 3.66. The van der Waals surface area contributed by atoms with Crippen LogP contribution in [-0.4, -0.2) is 43.2 Å². The molecule has 138 valence electrons. The first-order valence-electron chi connectivity index (χ1n) is 8.08. The summed E-state index contributed by atoms with van der Waals surface area (Å²) >= 11 is 0. The molecule has 1 fully saturated rings. The predicted octanol–water partition coefficient (Wildman–Crippen LogP) is 1.27. The second kappa shape index (κ2) is 6.93. The van der Waals surface area contributed by atoms with Crippen molar-refractivity contribution in [2.45, 2.75) is 43.0 Å². The van der Waals surface area contributed by atoms with Crippen LogP contribution in [0.1, 0.15) is 53.3 Å². The van der Waals surface area contributed by atoms with Crippen LogP contribution in [0.25, 0.3) is 0 Å². The Kier molecular flexibility index (Phi) is 5.46. The Morgan fingerprint density at radius 2 is 1.96 bits per heavy atom. The number of hydrogen-bond donors (Lipinski definition) is 2. The zero-order chi connectivity index (χ0) is 17.5. The zero-order valence-corrected chi connectivity index (χ0v) is 15.6. The third-order valence-electron chi connectivity index (χ3n) is 4.89. The molecule has 7 nitrogen and oxygen atoms in total. The first-order valence-corrected chi connectivity index (χ1v) is 9.52. The normalized spacial score (nSPS) is 20.1. The quantitative estimate of drug-likeness (QED) is 0.808. The zero-order valence-electron chi connectivity index (χ0n) is 13.9. The fraction of sp³-hybridized carbons (Fsp3) is 0.500. The van der Waals surface area contributed by atoms with Gasteiger partial charge in [-0.15, -0.1) is 12.4 Å². The first kappa shape index (κ1) is 19.7. The van der Waals surface area contributed by atoms with Crippen LogP contribution in [0.4, 0.5) is 0 Å². The van der Waals surface area contributed by atoms with Crippen molar-refractivity contribution in [3.63, 3.8) is 0 Å². The van der Waals surface area contributed by atoms with Crippen LogP contribution >= 0.6 is 12.4 Å². The van der Waals surface area contributed by atoms with Gasteiger partial charge < -0.3 is 11.1 Å². The summed E-state index contributed by atoms with van der Waals surface area (Å²) in [6, 6.07) is 4.18. The lowest BCUT2D eigenvalue weighted by Crippen LogP contribution is -2.51. The van der Waals surface area contributed by atoms with Crippen LogP contribution in [0.5, 0.6) is 0 Å². The molecule has 1 saturated carbocycles. The van der Waals surface area contributed by atoms with Crippen molar-refractivity contribution in [2.75, 3.05) is 13.1 Å². The maximum Gasteiger partial charge on any atom is 0.268 e. The van der Waals surface area contributed by atoms with E-state index in [1.54, 1.807) is 6.92 Å². The van der Waals surface area contributed by atoms with E-state index in [0.717, 1.165) is 30.0 Å². The van der Waals surface area contributed by atoms with Crippen molar-refractivity contribution in [1.29, 1.82) is 0 Å². The number of carbonyl (C=O) groups excluding carboxylic acids is 2. The van der Waals surface area contributed by atoms with Crippen LogP contribution in [0, 0.1) is 0 Å². The molecule has 9 heteroatoms. The second-order valence-electron chi connectivity index (χ2n) is 6.33. The van der Waals surface area contributed by atoms with Crippen molar-refractivity contribution in [2.24, 2.45) is 5.73 Å². The van der Waals surface area contributed by atoms with Crippen LogP contribution in [0.15, 0.2) is 23.1 Å². The minimum absolute atomic E-state index is 0. The van der Waals surface area contributed by atoms with E-state index in [1.807, 2.05) is 0 Å². The first-order chi connectivity index (χ1) is 11.3. The lowest BCUT2D eigenvalue weighted by atomic mass is 9.97. The molecular weight excluding hydrogens is 366 g/mol. The van der Waals surface area contributed by atoms with Gasteiger partial charge >= 0.3 is 0 Å². The molecular formula is C16H22ClN3O4S. The number of benzene rings is 1. The minimum Gasteiger partial charge on any atom is -0.345 e. The molecule has 0 spiro atoms. The van der Waals surface area contributed by atoms with Gasteiger partial charge in [0.2, 0.25) is 0 Å². The van der Waals surface area contributed by atoms with Crippen LogP contribution in [0.3, 0.4) is 0 Å². The molecule has 1 aromatic carbocycles. The van der Waals surface area contributed by atoms with Gasteiger partial charge in [-0.25, -0.2) is 12.7 Å². The molecule has 0 bridgehead atoms. The van der Waals surface area contributed by atoms with Crippen molar-refractivity contribution < 1.29 is 18.0 Å². The van der Waals surface area contributed by atoms with Crippen LogP contribution in [-0.2, 0) is 10.0 Å². The number of fused-ring (bicyclic) bond motifs is 1. The van der Waals surface area contributed by atoms with Gasteiger partial charge in [-0.05, 0) is 38.0 Å². The smallest absolute Gasteiger partial charge is 0.268 e. The molecule has 3 N–H and O–H groups in total. The highest BCUT2D eigenvalue weighted by atomic mass is 35.5. The molecule has 0 aromatic heterocycles. The summed E-state index contributed by atoms with van der Waals surface area (Å²) in [5, 5.41) is 2.96. The molecule has 3 rings (SSSR count). The fourth-order valence-corrected chi connectivity index (χ4v) is 5.08. The van der Waals surface area contributed by atoms with Gasteiger partial charge in [-0.2, -0.15) is 0 Å². The molecule has 1 heterocycles. The lowest BCUT2D eigenvalue weighted by molar-refractivity contribution is 0.0871. The van der Waals surface area contributed by atoms with Gasteiger partial charge in [0.15, 0.2) is 0 Å². The number of amides is 2. The number of halogens is 1. The van der Waals surface area contributed by atoms with Gasteiger partial charge in [-0.3, -0.25) is 9.59 Å². The third-order valence-corrected chi connectivity index (χ3v) is 6.78. The van der Waals surface area contributed by atoms with E-state index in [-0.39, 0.29) is 40.9 Å². The summed E-state index contributed by atoms with van der Waals surface area (Å²) in [6.45, 7) is 2.01. The highest BCUT2D eigenvalue weighted by Gasteiger charge is 2.41. The minimum atomic E-state index is -3.87. The second-order valence-corrected chi connectivity index (χ2v) is 8.16. The van der Waals surface area contributed by atoms with Gasteiger partial charge in [-0.1, -0.05) is 12.8 Å². The highest BCUT2D eigenvalue weighted by Crippen LogP contribution is 2.32. The number of nitrogens with zero attached hydrogens (tertiary/aromatic N) is 1. The lowest BCUT2D eigenvalue weighted by Gasteiger charge is -2.28. The molecule has 1 aromatic rings. The van der Waals surface area contributed by atoms with Gasteiger partial charge in [0.1, 0.15) is 4.90 Å². The predicted molar refractivity (Wildman–Crippen MR) is 95.3 cm³/mol. The molecule has 1 aliphatic heterocycles. The summed E-state index contributed by atoms with van der Waals surface area (Å²) in [7, 11) is -3.87. The maximum atomic E-state index is 12.5. The number of rotatable bonds is 4. The van der Waals surface area contributed by atoms with Crippen molar-refractivity contribution in [3.8, 4) is 0 Å². The van der Waals surface area contributed by atoms with E-state index < -0.39 is 21.5 Å². The van der Waals surface area contributed by atoms with Gasteiger partial charge in [0.05, 0.1) is 11.1 Å². The van der Waals surface area contributed by atoms with E-state index in [4.69, 9.17) is 5.73 Å². The van der Waals surface area contributed by atoms with Crippen LogP contribution < -0.4 is 11.1 Å². The molecule has 0 radical (unpaired) electrons. The monoisotopic (exact) mass is 387 g/mol. The Hall–Kier alpha value is -1.64. The molecule has 2 aliphatic rings. The Morgan fingerprint density at radius 1 is 1.32 bits per heavy atom. The van der Waals surface area contributed by atoms with E-state index in [0.29, 0.717) is 6.54 Å². The van der Waals surface area contributed by atoms with E-state index >= 15 is 0 Å². The maximum absolute atomic E-state index is 12.5. The van der Waals surface area contributed by atoms with Crippen molar-refractivity contribution >= 4 is 34.2 Å². The fourth-order valence-electron chi connectivity index (χ4n) is 3.47. The molecule has 0 atom stereocenters. The molecule has 2 amide bonds. The summed E-state index contributed by atoms with van der Waals surface area (Å²) in [4.78, 5) is 24.6. The SMILES string of the molecule is CCN1C(=O)c2ccc(C(=O)NC3(CN)CCCC3)cc2S1(=O)=O.Cl. The topological polar surface area (TPSA) is 110 Å². The molecule has 0 unspecified atom stereocenters. The summed E-state index contributed by atoms with van der Waals surface area (Å²) < 4.78 is 25.7. The number of nitrogens with one attached hydrogen (secondary N) is 1. The van der Waals surface area contributed by atoms with Gasteiger partial charge in [0.25, 0.3) is 21.8 Å². The van der Waals surface area contributed by atoms with E-state index in [9.17, 15) is 18.0 Å². The standard InChI is InChI=1S/C16H21N3O4S.ClH/c1-2-19-15(21)12-6-5-11(9-13(12)24(19,22)23)14(20)18-16(10-17)7-3-4-8-16;/h5-6,9H,2-4,7-8,10,17H2,1H3,(H,18,20);1H. The number of hydrogen-bond acceptors (Lipinski definition) is 5.